The van der Waals surface area contributed by atoms with E-state index in [2.05, 4.69) is 17.9 Å². The molecule has 0 aromatic heterocycles. The molecule has 3 unspecified atom stereocenters. The van der Waals surface area contributed by atoms with Crippen LogP contribution < -0.4 is 10.4 Å². The summed E-state index contributed by atoms with van der Waals surface area (Å²) in [6.45, 7) is 3.99. The first-order valence-electron chi connectivity index (χ1n) is 7.17. The van der Waals surface area contributed by atoms with Gasteiger partial charge in [0.05, 0.1) is 0 Å². The van der Waals surface area contributed by atoms with Crippen molar-refractivity contribution in [3.8, 4) is 0 Å². The van der Waals surface area contributed by atoms with Gasteiger partial charge in [0, 0.05) is 30.1 Å². The van der Waals surface area contributed by atoms with E-state index in [9.17, 15) is 14.7 Å². The van der Waals surface area contributed by atoms with Crippen molar-refractivity contribution >= 4 is 24.5 Å². The van der Waals surface area contributed by atoms with E-state index in [1.165, 1.54) is 0 Å². The van der Waals surface area contributed by atoms with E-state index in [0.717, 1.165) is 5.56 Å². The molecule has 0 saturated carbocycles. The Hall–Kier alpha value is -1.49. The van der Waals surface area contributed by atoms with Gasteiger partial charge in [-0.1, -0.05) is 44.2 Å². The third-order valence-electron chi connectivity index (χ3n) is 3.74. The monoisotopic (exact) mass is 308 g/mol. The van der Waals surface area contributed by atoms with E-state index in [-0.39, 0.29) is 11.8 Å². The van der Waals surface area contributed by atoms with Crippen LogP contribution in [-0.2, 0) is 9.59 Å². The minimum Gasteiger partial charge on any atom is -0.550 e. The van der Waals surface area contributed by atoms with Crippen molar-refractivity contribution in [1.29, 1.82) is 0 Å². The van der Waals surface area contributed by atoms with Crippen LogP contribution in [0.2, 0.25) is 0 Å². The molecule has 3 atom stereocenters. The molecule has 1 amide bonds. The number of rotatable bonds is 8. The van der Waals surface area contributed by atoms with Crippen LogP contribution in [0.1, 0.15) is 31.7 Å². The van der Waals surface area contributed by atoms with Crippen molar-refractivity contribution in [2.24, 2.45) is 11.8 Å². The lowest BCUT2D eigenvalue weighted by molar-refractivity contribution is -0.313. The molecule has 0 heterocycles. The van der Waals surface area contributed by atoms with Gasteiger partial charge in [0.15, 0.2) is 0 Å². The maximum absolute atomic E-state index is 12.1. The van der Waals surface area contributed by atoms with Gasteiger partial charge in [0.25, 0.3) is 0 Å². The van der Waals surface area contributed by atoms with Crippen LogP contribution in [-0.4, -0.2) is 24.2 Å². The number of carbonyl (C=O) groups excluding carboxylic acids is 2. The van der Waals surface area contributed by atoms with Gasteiger partial charge in [0.2, 0.25) is 5.91 Å². The van der Waals surface area contributed by atoms with E-state index < -0.39 is 17.8 Å². The number of hydrogen-bond acceptors (Lipinski definition) is 4. The lowest BCUT2D eigenvalue weighted by Crippen LogP contribution is -2.44. The molecule has 4 nitrogen and oxygen atoms in total. The van der Waals surface area contributed by atoms with Gasteiger partial charge in [0.1, 0.15) is 0 Å². The smallest absolute Gasteiger partial charge is 0.223 e. The molecule has 1 rings (SSSR count). The Balaban J connectivity index is 2.98. The zero-order chi connectivity index (χ0) is 15.8. The second kappa shape index (κ2) is 8.72. The highest BCUT2D eigenvalue weighted by molar-refractivity contribution is 7.80. The van der Waals surface area contributed by atoms with Crippen LogP contribution in [0.4, 0.5) is 0 Å². The van der Waals surface area contributed by atoms with Gasteiger partial charge >= 0.3 is 0 Å². The van der Waals surface area contributed by atoms with Gasteiger partial charge in [-0.05, 0) is 17.9 Å². The first-order valence-corrected chi connectivity index (χ1v) is 7.80. The Kier molecular flexibility index (Phi) is 7.29. The van der Waals surface area contributed by atoms with Crippen LogP contribution in [0.5, 0.6) is 0 Å². The largest absolute Gasteiger partial charge is 0.550 e. The molecule has 21 heavy (non-hydrogen) atoms. The molecule has 1 aromatic carbocycles. The number of aliphatic carboxylic acids is 1. The number of carbonyl (C=O) groups is 2. The van der Waals surface area contributed by atoms with Crippen LogP contribution in [0, 0.1) is 11.8 Å². The standard InChI is InChI=1S/C16H23NO3S/c1-3-13(12-7-5-4-6-8-12)14(16(19)20)11(2)15(18)17-9-10-21/h4-8,11,13-14,21H,3,9-10H2,1-2H3,(H,17,18)(H,19,20)/p-1. The Morgan fingerprint density at radius 2 is 1.90 bits per heavy atom. The van der Waals surface area contributed by atoms with E-state index in [1.807, 2.05) is 37.3 Å². The van der Waals surface area contributed by atoms with Gasteiger partial charge in [-0.3, -0.25) is 4.79 Å². The number of hydrogen-bond donors (Lipinski definition) is 2. The third-order valence-corrected chi connectivity index (χ3v) is 3.96. The lowest BCUT2D eigenvalue weighted by atomic mass is 9.76. The lowest BCUT2D eigenvalue weighted by Gasteiger charge is -2.32. The second-order valence-corrected chi connectivity index (χ2v) is 5.52. The van der Waals surface area contributed by atoms with E-state index in [0.29, 0.717) is 18.7 Å². The summed E-state index contributed by atoms with van der Waals surface area (Å²) in [4.78, 5) is 23.7. The number of carboxylic acids is 1. The molecule has 5 heteroatoms. The summed E-state index contributed by atoms with van der Waals surface area (Å²) in [6, 6.07) is 9.41. The zero-order valence-electron chi connectivity index (χ0n) is 12.4. The fraction of sp³-hybridized carbons (Fsp3) is 0.500. The quantitative estimate of drug-likeness (QED) is 0.710. The molecule has 0 aliphatic heterocycles. The average molecular weight is 308 g/mol. The molecule has 1 N–H and O–H groups in total. The second-order valence-electron chi connectivity index (χ2n) is 5.07. The first kappa shape index (κ1) is 17.6. The number of carboxylic acid groups (broad SMARTS) is 1. The zero-order valence-corrected chi connectivity index (χ0v) is 13.3. The molecule has 0 spiro atoms. The fourth-order valence-corrected chi connectivity index (χ4v) is 2.73. The minimum atomic E-state index is -1.18. The van der Waals surface area contributed by atoms with Crippen molar-refractivity contribution < 1.29 is 14.7 Å². The number of thiol groups is 1. The van der Waals surface area contributed by atoms with Crippen LogP contribution >= 0.6 is 12.6 Å². The van der Waals surface area contributed by atoms with E-state index in [4.69, 9.17) is 0 Å². The third kappa shape index (κ3) is 4.77. The van der Waals surface area contributed by atoms with Crippen LogP contribution in [0.3, 0.4) is 0 Å². The predicted octanol–water partition coefficient (Wildman–Crippen LogP) is 1.23. The van der Waals surface area contributed by atoms with Crippen LogP contribution in [0.25, 0.3) is 0 Å². The molecular formula is C16H22NO3S-. The molecule has 0 aliphatic rings. The molecule has 116 valence electrons. The molecule has 0 bridgehead atoms. The molecule has 0 saturated heterocycles. The maximum atomic E-state index is 12.1. The summed E-state index contributed by atoms with van der Waals surface area (Å²) in [5.74, 6) is -2.68. The highest BCUT2D eigenvalue weighted by Crippen LogP contribution is 2.33. The predicted molar refractivity (Wildman–Crippen MR) is 84.0 cm³/mol. The van der Waals surface area contributed by atoms with Crippen molar-refractivity contribution in [2.75, 3.05) is 12.3 Å². The summed E-state index contributed by atoms with van der Waals surface area (Å²) in [7, 11) is 0. The highest BCUT2D eigenvalue weighted by Gasteiger charge is 2.32. The topological polar surface area (TPSA) is 69.2 Å². The minimum absolute atomic E-state index is 0.243. The highest BCUT2D eigenvalue weighted by atomic mass is 32.1. The Morgan fingerprint density at radius 3 is 2.38 bits per heavy atom. The first-order chi connectivity index (χ1) is 10.0. The SMILES string of the molecule is CCC(c1ccccc1)C(C(=O)[O-])C(C)C(=O)NCCS. The van der Waals surface area contributed by atoms with Crippen molar-refractivity contribution in [2.45, 2.75) is 26.2 Å². The van der Waals surface area contributed by atoms with E-state index in [1.54, 1.807) is 6.92 Å². The van der Waals surface area contributed by atoms with E-state index >= 15 is 0 Å². The average Bonchev–Trinajstić information content (AvgIpc) is 2.49. The van der Waals surface area contributed by atoms with Crippen molar-refractivity contribution in [1.82, 2.24) is 5.32 Å². The molecule has 0 fully saturated rings. The summed E-state index contributed by atoms with van der Waals surface area (Å²) in [5, 5.41) is 14.3. The molecule has 0 aliphatic carbocycles. The Labute approximate surface area is 131 Å². The number of benzene rings is 1. The van der Waals surface area contributed by atoms with Gasteiger partial charge < -0.3 is 15.2 Å². The molecule has 1 aromatic rings. The molecular weight excluding hydrogens is 286 g/mol. The summed E-state index contributed by atoms with van der Waals surface area (Å²) in [6.07, 6.45) is 0.632. The fourth-order valence-electron chi connectivity index (χ4n) is 2.62. The van der Waals surface area contributed by atoms with Crippen molar-refractivity contribution in [3.05, 3.63) is 35.9 Å². The van der Waals surface area contributed by atoms with Gasteiger partial charge in [-0.2, -0.15) is 12.6 Å². The Morgan fingerprint density at radius 1 is 1.29 bits per heavy atom. The summed E-state index contributed by atoms with van der Waals surface area (Å²) >= 11 is 4.03. The maximum Gasteiger partial charge on any atom is 0.223 e. The summed E-state index contributed by atoms with van der Waals surface area (Å²) < 4.78 is 0. The van der Waals surface area contributed by atoms with Crippen LogP contribution in [0.15, 0.2) is 30.3 Å². The number of nitrogens with one attached hydrogen (secondary N) is 1. The summed E-state index contributed by atoms with van der Waals surface area (Å²) in [5.41, 5.74) is 0.919. The van der Waals surface area contributed by atoms with Gasteiger partial charge in [-0.15, -0.1) is 0 Å². The molecule has 0 radical (unpaired) electrons. The van der Waals surface area contributed by atoms with Crippen molar-refractivity contribution in [3.63, 3.8) is 0 Å². The normalized spacial score (nSPS) is 15.0. The van der Waals surface area contributed by atoms with Gasteiger partial charge in [-0.25, -0.2) is 0 Å². The Bertz CT molecular complexity index is 464. The number of amides is 1.